The highest BCUT2D eigenvalue weighted by molar-refractivity contribution is 6.07. The van der Waals surface area contributed by atoms with Crippen molar-refractivity contribution in [2.75, 3.05) is 10.6 Å². The van der Waals surface area contributed by atoms with E-state index in [1.165, 1.54) is 12.5 Å². The van der Waals surface area contributed by atoms with Gasteiger partial charge < -0.3 is 15.2 Å². The zero-order valence-corrected chi connectivity index (χ0v) is 17.0. The molecule has 0 aliphatic carbocycles. The van der Waals surface area contributed by atoms with Crippen molar-refractivity contribution < 1.29 is 9.59 Å². The lowest BCUT2D eigenvalue weighted by atomic mass is 10.1. The van der Waals surface area contributed by atoms with Crippen LogP contribution in [0.25, 0.3) is 10.9 Å². The summed E-state index contributed by atoms with van der Waals surface area (Å²) in [6.45, 7) is 4.11. The molecule has 0 spiro atoms. The van der Waals surface area contributed by atoms with E-state index in [-0.39, 0.29) is 11.8 Å². The number of rotatable bonds is 5. The molecular formula is C25H23N3O2. The predicted molar refractivity (Wildman–Crippen MR) is 121 cm³/mol. The third-order valence-electron chi connectivity index (χ3n) is 4.91. The van der Waals surface area contributed by atoms with Gasteiger partial charge in [-0.15, -0.1) is 0 Å². The molecule has 1 aromatic heterocycles. The average molecular weight is 397 g/mol. The van der Waals surface area contributed by atoms with Crippen LogP contribution in [0.3, 0.4) is 0 Å². The van der Waals surface area contributed by atoms with Crippen molar-refractivity contribution in [1.29, 1.82) is 0 Å². The minimum absolute atomic E-state index is 0.129. The first-order valence-electron chi connectivity index (χ1n) is 9.82. The van der Waals surface area contributed by atoms with E-state index in [0.29, 0.717) is 17.9 Å². The van der Waals surface area contributed by atoms with Crippen LogP contribution in [0.1, 0.15) is 28.5 Å². The Labute approximate surface area is 175 Å². The summed E-state index contributed by atoms with van der Waals surface area (Å²) in [5, 5.41) is 6.67. The molecule has 4 rings (SSSR count). The number of fused-ring (bicyclic) bond motifs is 1. The Hall–Kier alpha value is -3.86. The monoisotopic (exact) mass is 397 g/mol. The number of carbonyl (C=O) groups is 2. The van der Waals surface area contributed by atoms with Gasteiger partial charge >= 0.3 is 0 Å². The van der Waals surface area contributed by atoms with E-state index in [9.17, 15) is 9.59 Å². The van der Waals surface area contributed by atoms with E-state index < -0.39 is 0 Å². The van der Waals surface area contributed by atoms with Crippen molar-refractivity contribution in [1.82, 2.24) is 4.57 Å². The van der Waals surface area contributed by atoms with Crippen molar-refractivity contribution in [2.45, 2.75) is 20.4 Å². The quantitative estimate of drug-likeness (QED) is 0.486. The summed E-state index contributed by atoms with van der Waals surface area (Å²) < 4.78 is 2.01. The summed E-state index contributed by atoms with van der Waals surface area (Å²) in [5.41, 5.74) is 5.24. The van der Waals surface area contributed by atoms with Crippen LogP contribution in [0.4, 0.5) is 11.4 Å². The summed E-state index contributed by atoms with van der Waals surface area (Å²) >= 11 is 0. The summed E-state index contributed by atoms with van der Waals surface area (Å²) in [6, 6.07) is 25.2. The molecule has 0 bridgehead atoms. The van der Waals surface area contributed by atoms with Gasteiger partial charge in [0.1, 0.15) is 5.69 Å². The van der Waals surface area contributed by atoms with Crippen LogP contribution >= 0.6 is 0 Å². The molecule has 0 aliphatic rings. The molecule has 0 unspecified atom stereocenters. The normalized spacial score (nSPS) is 10.7. The Morgan fingerprint density at radius 1 is 0.833 bits per heavy atom. The molecular weight excluding hydrogens is 374 g/mol. The Kier molecular flexibility index (Phi) is 5.35. The average Bonchev–Trinajstić information content (AvgIpc) is 3.06. The molecule has 2 amide bonds. The highest BCUT2D eigenvalue weighted by Gasteiger charge is 2.17. The molecule has 5 heteroatoms. The number of para-hydroxylation sites is 1. The van der Waals surface area contributed by atoms with Crippen molar-refractivity contribution >= 4 is 34.1 Å². The molecule has 150 valence electrons. The lowest BCUT2D eigenvalue weighted by molar-refractivity contribution is -0.114. The highest BCUT2D eigenvalue weighted by Crippen LogP contribution is 2.26. The molecule has 4 aromatic rings. The minimum Gasteiger partial charge on any atom is -0.332 e. The van der Waals surface area contributed by atoms with E-state index in [1.807, 2.05) is 65.2 Å². The largest absolute Gasteiger partial charge is 0.332 e. The van der Waals surface area contributed by atoms with Crippen LogP contribution in [-0.4, -0.2) is 16.4 Å². The number of aryl methyl sites for hydroxylation is 1. The molecule has 0 aliphatic heterocycles. The maximum atomic E-state index is 13.1. The first kappa shape index (κ1) is 19.5. The van der Waals surface area contributed by atoms with E-state index >= 15 is 0 Å². The van der Waals surface area contributed by atoms with Gasteiger partial charge in [-0.1, -0.05) is 48.0 Å². The summed E-state index contributed by atoms with van der Waals surface area (Å²) in [7, 11) is 0. The molecule has 5 nitrogen and oxygen atoms in total. The smallest absolute Gasteiger partial charge is 0.272 e. The zero-order valence-electron chi connectivity index (χ0n) is 17.0. The SMILES string of the molecule is CC(=O)Nc1ccc2c(c1)cc(C(=O)Nc1ccccc1)n2Cc1cccc(C)c1. The third kappa shape index (κ3) is 4.25. The van der Waals surface area contributed by atoms with E-state index in [2.05, 4.69) is 35.8 Å². The Bertz CT molecular complexity index is 1230. The van der Waals surface area contributed by atoms with Gasteiger partial charge in [-0.2, -0.15) is 0 Å². The maximum Gasteiger partial charge on any atom is 0.272 e. The zero-order chi connectivity index (χ0) is 21.1. The molecule has 2 N–H and O–H groups in total. The molecule has 3 aromatic carbocycles. The van der Waals surface area contributed by atoms with Gasteiger partial charge in [-0.25, -0.2) is 0 Å². The number of amides is 2. The second-order valence-electron chi connectivity index (χ2n) is 7.38. The number of nitrogens with zero attached hydrogens (tertiary/aromatic N) is 1. The molecule has 0 fully saturated rings. The van der Waals surface area contributed by atoms with Crippen LogP contribution in [0, 0.1) is 6.92 Å². The summed E-state index contributed by atoms with van der Waals surface area (Å²) in [6.07, 6.45) is 0. The van der Waals surface area contributed by atoms with Crippen LogP contribution in [-0.2, 0) is 11.3 Å². The van der Waals surface area contributed by atoms with Crippen LogP contribution in [0.5, 0.6) is 0 Å². The highest BCUT2D eigenvalue weighted by atomic mass is 16.2. The van der Waals surface area contributed by atoms with Gasteiger partial charge in [0, 0.05) is 35.7 Å². The first-order valence-corrected chi connectivity index (χ1v) is 9.82. The summed E-state index contributed by atoms with van der Waals surface area (Å²) in [5.74, 6) is -0.304. The number of aromatic nitrogens is 1. The lowest BCUT2D eigenvalue weighted by Crippen LogP contribution is -2.17. The van der Waals surface area contributed by atoms with Gasteiger partial charge in [-0.05, 0) is 48.9 Å². The number of hydrogen-bond donors (Lipinski definition) is 2. The third-order valence-corrected chi connectivity index (χ3v) is 4.91. The van der Waals surface area contributed by atoms with Gasteiger partial charge in [0.15, 0.2) is 0 Å². The molecule has 0 atom stereocenters. The molecule has 30 heavy (non-hydrogen) atoms. The van der Waals surface area contributed by atoms with Crippen molar-refractivity contribution in [2.24, 2.45) is 0 Å². The fraction of sp³-hybridized carbons (Fsp3) is 0.120. The predicted octanol–water partition coefficient (Wildman–Crippen LogP) is 5.21. The van der Waals surface area contributed by atoms with Crippen molar-refractivity contribution in [3.63, 3.8) is 0 Å². The molecule has 0 saturated carbocycles. The first-order chi connectivity index (χ1) is 14.5. The van der Waals surface area contributed by atoms with E-state index in [1.54, 1.807) is 0 Å². The fourth-order valence-corrected chi connectivity index (χ4v) is 3.62. The fourth-order valence-electron chi connectivity index (χ4n) is 3.62. The number of hydrogen-bond acceptors (Lipinski definition) is 2. The standard InChI is InChI=1S/C25H23N3O2/c1-17-7-6-8-19(13-17)16-28-23-12-11-22(26-18(2)29)14-20(23)15-24(28)25(30)27-21-9-4-3-5-10-21/h3-15H,16H2,1-2H3,(H,26,29)(H,27,30). The van der Waals surface area contributed by atoms with Crippen molar-refractivity contribution in [3.8, 4) is 0 Å². The molecule has 1 heterocycles. The Morgan fingerprint density at radius 2 is 1.63 bits per heavy atom. The lowest BCUT2D eigenvalue weighted by Gasteiger charge is -2.12. The number of nitrogens with one attached hydrogen (secondary N) is 2. The van der Waals surface area contributed by atoms with Gasteiger partial charge in [0.25, 0.3) is 5.91 Å². The van der Waals surface area contributed by atoms with E-state index in [0.717, 1.165) is 22.2 Å². The minimum atomic E-state index is -0.175. The second-order valence-corrected chi connectivity index (χ2v) is 7.38. The van der Waals surface area contributed by atoms with Crippen LogP contribution < -0.4 is 10.6 Å². The number of anilines is 2. The van der Waals surface area contributed by atoms with Crippen LogP contribution in [0.15, 0.2) is 78.9 Å². The molecule has 0 saturated heterocycles. The van der Waals surface area contributed by atoms with Gasteiger partial charge in [0.2, 0.25) is 5.91 Å². The number of carbonyl (C=O) groups excluding carboxylic acids is 2. The topological polar surface area (TPSA) is 63.1 Å². The Balaban J connectivity index is 1.77. The van der Waals surface area contributed by atoms with Crippen molar-refractivity contribution in [3.05, 3.63) is 95.7 Å². The maximum absolute atomic E-state index is 13.1. The summed E-state index contributed by atoms with van der Waals surface area (Å²) in [4.78, 5) is 24.5. The van der Waals surface area contributed by atoms with Crippen LogP contribution in [0.2, 0.25) is 0 Å². The van der Waals surface area contributed by atoms with Gasteiger partial charge in [-0.3, -0.25) is 9.59 Å². The second kappa shape index (κ2) is 8.25. The van der Waals surface area contributed by atoms with E-state index in [4.69, 9.17) is 0 Å². The van der Waals surface area contributed by atoms with Gasteiger partial charge in [0.05, 0.1) is 0 Å². The molecule has 0 radical (unpaired) electrons. The number of benzene rings is 3. The Morgan fingerprint density at radius 3 is 2.37 bits per heavy atom.